The average molecular weight is 699 g/mol. The van der Waals surface area contributed by atoms with Crippen molar-refractivity contribution in [2.24, 2.45) is 5.92 Å². The van der Waals surface area contributed by atoms with Crippen LogP contribution in [0, 0.1) is 5.92 Å². The van der Waals surface area contributed by atoms with Crippen LogP contribution in [-0.2, 0) is 39.9 Å². The van der Waals surface area contributed by atoms with Crippen LogP contribution >= 0.6 is 12.6 Å². The van der Waals surface area contributed by atoms with Gasteiger partial charge in [0.2, 0.25) is 29.5 Å². The van der Waals surface area contributed by atoms with Crippen molar-refractivity contribution in [2.75, 3.05) is 6.54 Å². The lowest BCUT2D eigenvalue weighted by molar-refractivity contribution is -0.158. The molecule has 14 heteroatoms. The summed E-state index contributed by atoms with van der Waals surface area (Å²) in [6.45, 7) is 12.4. The van der Waals surface area contributed by atoms with Crippen molar-refractivity contribution in [1.29, 1.82) is 0 Å². The fourth-order valence-electron chi connectivity index (χ4n) is 6.29. The predicted molar refractivity (Wildman–Crippen MR) is 187 cm³/mol. The van der Waals surface area contributed by atoms with E-state index in [1.807, 2.05) is 38.1 Å². The number of amides is 5. The Morgan fingerprint density at radius 3 is 2.18 bits per heavy atom. The smallest absolute Gasteiger partial charge is 0.308 e. The first-order valence-electron chi connectivity index (χ1n) is 16.8. The molecule has 3 heterocycles. The summed E-state index contributed by atoms with van der Waals surface area (Å²) in [6, 6.07) is 1.71. The predicted octanol–water partition coefficient (Wildman–Crippen LogP) is 2.14. The molecule has 0 bridgehead atoms. The van der Waals surface area contributed by atoms with Crippen LogP contribution in [0.1, 0.15) is 79.7 Å². The fourth-order valence-corrected chi connectivity index (χ4v) is 6.47. The molecular formula is C35H50N6O7S. The molecule has 0 saturated carbocycles. The highest BCUT2D eigenvalue weighted by Gasteiger charge is 2.43. The largest absolute Gasteiger partial charge is 0.460 e. The minimum atomic E-state index is -1.40. The van der Waals surface area contributed by atoms with Crippen molar-refractivity contribution in [3.63, 3.8) is 0 Å². The number of benzene rings is 1. The molecule has 2 fully saturated rings. The Kier molecular flexibility index (Phi) is 11.7. The van der Waals surface area contributed by atoms with Gasteiger partial charge in [0.25, 0.3) is 0 Å². The molecule has 49 heavy (non-hydrogen) atoms. The summed E-state index contributed by atoms with van der Waals surface area (Å²) in [5.74, 6) is -3.92. The second-order valence-corrected chi connectivity index (χ2v) is 16.1. The Labute approximate surface area is 292 Å². The highest BCUT2D eigenvalue weighted by Crippen LogP contribution is 2.24. The summed E-state index contributed by atoms with van der Waals surface area (Å²) in [7, 11) is 0. The van der Waals surface area contributed by atoms with Gasteiger partial charge in [-0.3, -0.25) is 28.8 Å². The highest BCUT2D eigenvalue weighted by atomic mass is 32.1. The molecule has 0 aliphatic carbocycles. The molecular weight excluding hydrogens is 648 g/mol. The van der Waals surface area contributed by atoms with Gasteiger partial charge in [0.05, 0.1) is 6.42 Å². The number of carbonyl (C=O) groups excluding carboxylic acids is 6. The zero-order valence-corrected chi connectivity index (χ0v) is 30.2. The van der Waals surface area contributed by atoms with Gasteiger partial charge in [-0.1, -0.05) is 32.0 Å². The minimum Gasteiger partial charge on any atom is -0.460 e. The van der Waals surface area contributed by atoms with Crippen molar-refractivity contribution >= 4 is 59.0 Å². The first kappa shape index (κ1) is 37.7. The number of esters is 1. The Morgan fingerprint density at radius 1 is 0.898 bits per heavy atom. The number of thiol groups is 1. The van der Waals surface area contributed by atoms with Crippen LogP contribution in [-0.4, -0.2) is 92.5 Å². The number of H-pyrrole nitrogens is 1. The van der Waals surface area contributed by atoms with Crippen molar-refractivity contribution in [1.82, 2.24) is 31.2 Å². The summed E-state index contributed by atoms with van der Waals surface area (Å²) in [5.41, 5.74) is 0.715. The standard InChI is InChI=1S/C35H50N6O7S/c1-19(2)15-23-29(43)37-24(16-20-18-36-22-12-9-8-11-21(20)22)30(44)39-25(17-27(42)48-34(3,4)5)33(47)41-14-10-13-26(41)31(45)40-28(32(46)38-23)35(6,7)49/h8-9,11-12,18-19,23-26,28,36,49H,10,13-17H2,1-7H3,(H,37,43)(H,38,46)(H,39,44)(H,40,45)/t23-,24+,25+,26-,28-/m0/s1. The Bertz CT molecular complexity index is 1580. The molecule has 5 atom stereocenters. The summed E-state index contributed by atoms with van der Waals surface area (Å²) in [4.78, 5) is 87.5. The van der Waals surface area contributed by atoms with Crippen LogP contribution in [0.25, 0.3) is 10.9 Å². The second kappa shape index (κ2) is 15.2. The van der Waals surface area contributed by atoms with Crippen LogP contribution in [0.4, 0.5) is 0 Å². The highest BCUT2D eigenvalue weighted by molar-refractivity contribution is 7.81. The number of rotatable bonds is 7. The first-order valence-corrected chi connectivity index (χ1v) is 17.3. The zero-order valence-electron chi connectivity index (χ0n) is 29.3. The topological polar surface area (TPSA) is 179 Å². The van der Waals surface area contributed by atoms with Crippen LogP contribution < -0.4 is 21.3 Å². The molecule has 13 nitrogen and oxygen atoms in total. The van der Waals surface area contributed by atoms with E-state index >= 15 is 0 Å². The van der Waals surface area contributed by atoms with E-state index in [1.165, 1.54) is 4.90 Å². The number of aromatic nitrogens is 1. The molecule has 1 aromatic carbocycles. The van der Waals surface area contributed by atoms with Gasteiger partial charge in [-0.05, 0) is 71.4 Å². The lowest BCUT2D eigenvalue weighted by Gasteiger charge is -2.33. The van der Waals surface area contributed by atoms with Gasteiger partial charge in [-0.25, -0.2) is 0 Å². The van der Waals surface area contributed by atoms with E-state index in [0.29, 0.717) is 12.8 Å². The average Bonchev–Trinajstić information content (AvgIpc) is 3.64. The summed E-state index contributed by atoms with van der Waals surface area (Å²) < 4.78 is 4.44. The van der Waals surface area contributed by atoms with E-state index in [0.717, 1.165) is 16.5 Å². The maximum atomic E-state index is 14.2. The van der Waals surface area contributed by atoms with Crippen LogP contribution in [0.5, 0.6) is 0 Å². The molecule has 2 aliphatic heterocycles. The van der Waals surface area contributed by atoms with E-state index in [4.69, 9.17) is 4.74 Å². The number of nitrogens with one attached hydrogen (secondary N) is 5. The van der Waals surface area contributed by atoms with Crippen molar-refractivity contribution < 1.29 is 33.5 Å². The van der Waals surface area contributed by atoms with E-state index < -0.39 is 82.5 Å². The quantitative estimate of drug-likeness (QED) is 0.190. The van der Waals surface area contributed by atoms with E-state index in [1.54, 1.807) is 40.8 Å². The lowest BCUT2D eigenvalue weighted by atomic mass is 9.98. The number of hydrogen-bond acceptors (Lipinski definition) is 8. The SMILES string of the molecule is CC(C)C[C@@H]1NC(=O)[C@@H](C(C)(C)S)NC(=O)[C@@H]2CCCN2C(=O)[C@@H](CC(=O)OC(C)(C)C)NC(=O)[C@@H](Cc2c[nH]c3ccccc23)NC1=O. The molecule has 1 aromatic heterocycles. The van der Waals surface area contributed by atoms with Gasteiger partial charge < -0.3 is 35.9 Å². The Balaban J connectivity index is 1.80. The third kappa shape index (κ3) is 9.77. The molecule has 4 rings (SSSR count). The molecule has 2 aromatic rings. The van der Waals surface area contributed by atoms with Gasteiger partial charge in [0.15, 0.2) is 0 Å². The fraction of sp³-hybridized carbons (Fsp3) is 0.600. The van der Waals surface area contributed by atoms with Crippen LogP contribution in [0.3, 0.4) is 0 Å². The molecule has 5 N–H and O–H groups in total. The molecule has 2 saturated heterocycles. The third-order valence-electron chi connectivity index (χ3n) is 8.57. The molecule has 268 valence electrons. The molecule has 2 aliphatic rings. The van der Waals surface area contributed by atoms with Crippen LogP contribution in [0.2, 0.25) is 0 Å². The van der Waals surface area contributed by atoms with Crippen molar-refractivity contribution in [2.45, 2.75) is 121 Å². The van der Waals surface area contributed by atoms with Crippen LogP contribution in [0.15, 0.2) is 30.5 Å². The maximum Gasteiger partial charge on any atom is 0.308 e. The van der Waals surface area contributed by atoms with Gasteiger partial charge in [-0.15, -0.1) is 0 Å². The zero-order chi connectivity index (χ0) is 36.3. The third-order valence-corrected chi connectivity index (χ3v) is 8.83. The number of fused-ring (bicyclic) bond motifs is 2. The lowest BCUT2D eigenvalue weighted by Crippen LogP contribution is -2.62. The van der Waals surface area contributed by atoms with E-state index in [2.05, 4.69) is 38.9 Å². The number of aromatic amines is 1. The van der Waals surface area contributed by atoms with E-state index in [-0.39, 0.29) is 25.3 Å². The molecule has 0 radical (unpaired) electrons. The van der Waals surface area contributed by atoms with Gasteiger partial charge in [-0.2, -0.15) is 12.6 Å². The van der Waals surface area contributed by atoms with Crippen molar-refractivity contribution in [3.8, 4) is 0 Å². The number of ether oxygens (including phenoxy) is 1. The van der Waals surface area contributed by atoms with Gasteiger partial charge in [0, 0.05) is 34.8 Å². The summed E-state index contributed by atoms with van der Waals surface area (Å²) in [5, 5.41) is 12.0. The first-order chi connectivity index (χ1) is 22.8. The minimum absolute atomic E-state index is 0.0287. The van der Waals surface area contributed by atoms with E-state index in [9.17, 15) is 28.8 Å². The number of nitrogens with zero attached hydrogens (tertiary/aromatic N) is 1. The summed E-state index contributed by atoms with van der Waals surface area (Å²) in [6.07, 6.45) is 2.34. The number of hydrogen-bond donors (Lipinski definition) is 6. The monoisotopic (exact) mass is 698 g/mol. The molecule has 5 amide bonds. The molecule has 0 spiro atoms. The number of carbonyl (C=O) groups is 6. The Hall–Kier alpha value is -4.07. The number of para-hydroxylation sites is 1. The maximum absolute atomic E-state index is 14.2. The second-order valence-electron chi connectivity index (χ2n) is 15.0. The van der Waals surface area contributed by atoms with Gasteiger partial charge in [0.1, 0.15) is 35.8 Å². The molecule has 0 unspecified atom stereocenters. The van der Waals surface area contributed by atoms with Crippen molar-refractivity contribution in [3.05, 3.63) is 36.0 Å². The Morgan fingerprint density at radius 2 is 1.53 bits per heavy atom. The normalized spacial score (nSPS) is 24.8. The summed E-state index contributed by atoms with van der Waals surface area (Å²) >= 11 is 4.61. The van der Waals surface area contributed by atoms with Gasteiger partial charge >= 0.3 is 5.97 Å².